The van der Waals surface area contributed by atoms with Crippen LogP contribution < -0.4 is 0 Å². The molecule has 0 aliphatic carbocycles. The average molecular weight is 210 g/mol. The van der Waals surface area contributed by atoms with Gasteiger partial charge in [0.1, 0.15) is 0 Å². The summed E-state index contributed by atoms with van der Waals surface area (Å²) < 4.78 is 4.42. The fraction of sp³-hybridized carbons (Fsp3) is 0. The van der Waals surface area contributed by atoms with Gasteiger partial charge in [-0.1, -0.05) is 42.5 Å². The number of rotatable bonds is 1. The third kappa shape index (κ3) is 1.43. The molecule has 0 amide bonds. The SMILES string of the molecule is [c]1ccccc1-c1snc2ccccc12. The van der Waals surface area contributed by atoms with Crippen LogP contribution in [0.2, 0.25) is 0 Å². The first-order chi connectivity index (χ1) is 7.45. The van der Waals surface area contributed by atoms with Crippen LogP contribution in [0, 0.1) is 6.07 Å². The van der Waals surface area contributed by atoms with E-state index in [4.69, 9.17) is 0 Å². The van der Waals surface area contributed by atoms with Gasteiger partial charge in [-0.25, -0.2) is 0 Å². The van der Waals surface area contributed by atoms with Crippen molar-refractivity contribution >= 4 is 22.4 Å². The van der Waals surface area contributed by atoms with E-state index in [1.165, 1.54) is 21.8 Å². The molecule has 15 heavy (non-hydrogen) atoms. The second-order valence-electron chi connectivity index (χ2n) is 3.31. The monoisotopic (exact) mass is 210 g/mol. The normalized spacial score (nSPS) is 10.7. The lowest BCUT2D eigenvalue weighted by atomic mass is 10.1. The van der Waals surface area contributed by atoms with Crippen molar-refractivity contribution < 1.29 is 0 Å². The lowest BCUT2D eigenvalue weighted by molar-refractivity contribution is 1.66. The zero-order chi connectivity index (χ0) is 10.1. The fourth-order valence-corrected chi connectivity index (χ4v) is 2.46. The van der Waals surface area contributed by atoms with Gasteiger partial charge in [0.15, 0.2) is 0 Å². The van der Waals surface area contributed by atoms with Crippen LogP contribution in [0.25, 0.3) is 21.3 Å². The number of aromatic nitrogens is 1. The topological polar surface area (TPSA) is 12.9 Å². The minimum atomic E-state index is 1.06. The van der Waals surface area contributed by atoms with Crippen LogP contribution in [0.15, 0.2) is 48.5 Å². The van der Waals surface area contributed by atoms with Gasteiger partial charge in [0.2, 0.25) is 0 Å². The van der Waals surface area contributed by atoms with Crippen molar-refractivity contribution in [3.8, 4) is 10.4 Å². The molecule has 0 saturated carbocycles. The molecule has 0 N–H and O–H groups in total. The number of fused-ring (bicyclic) bond motifs is 1. The molecule has 2 aromatic carbocycles. The summed E-state index contributed by atoms with van der Waals surface area (Å²) >= 11 is 1.53. The Bertz CT molecular complexity index is 584. The quantitative estimate of drug-likeness (QED) is 0.596. The van der Waals surface area contributed by atoms with E-state index in [-0.39, 0.29) is 0 Å². The van der Waals surface area contributed by atoms with Crippen LogP contribution in [0.4, 0.5) is 0 Å². The summed E-state index contributed by atoms with van der Waals surface area (Å²) in [5.74, 6) is 0. The molecule has 1 heterocycles. The lowest BCUT2D eigenvalue weighted by Gasteiger charge is -1.95. The zero-order valence-corrected chi connectivity index (χ0v) is 8.79. The summed E-state index contributed by atoms with van der Waals surface area (Å²) in [5.41, 5.74) is 2.19. The molecule has 0 fully saturated rings. The van der Waals surface area contributed by atoms with Gasteiger partial charge in [-0.05, 0) is 23.7 Å². The fourth-order valence-electron chi connectivity index (χ4n) is 1.62. The van der Waals surface area contributed by atoms with E-state index >= 15 is 0 Å². The molecule has 0 atom stereocenters. The van der Waals surface area contributed by atoms with E-state index in [0.29, 0.717) is 0 Å². The predicted octanol–water partition coefficient (Wildman–Crippen LogP) is 3.76. The largest absolute Gasteiger partial charge is 0.192 e. The molecule has 1 aromatic heterocycles. The van der Waals surface area contributed by atoms with E-state index in [9.17, 15) is 0 Å². The molecule has 1 radical (unpaired) electrons. The molecule has 0 saturated heterocycles. The van der Waals surface area contributed by atoms with E-state index in [2.05, 4.69) is 22.6 Å². The Kier molecular flexibility index (Phi) is 2.00. The van der Waals surface area contributed by atoms with Crippen LogP contribution in [0.3, 0.4) is 0 Å². The van der Waals surface area contributed by atoms with E-state index in [1.807, 2.05) is 36.4 Å². The number of hydrogen-bond donors (Lipinski definition) is 0. The molecule has 2 heteroatoms. The molecule has 0 aliphatic rings. The third-order valence-corrected chi connectivity index (χ3v) is 3.25. The number of benzene rings is 2. The summed E-state index contributed by atoms with van der Waals surface area (Å²) in [5, 5.41) is 1.21. The van der Waals surface area contributed by atoms with Gasteiger partial charge in [-0.15, -0.1) is 0 Å². The highest BCUT2D eigenvalue weighted by molar-refractivity contribution is 7.11. The summed E-state index contributed by atoms with van der Waals surface area (Å²) in [6.45, 7) is 0. The Morgan fingerprint density at radius 2 is 1.87 bits per heavy atom. The maximum atomic E-state index is 4.42. The van der Waals surface area contributed by atoms with Crippen molar-refractivity contribution in [2.24, 2.45) is 0 Å². The zero-order valence-electron chi connectivity index (χ0n) is 7.97. The minimum Gasteiger partial charge on any atom is -0.192 e. The Morgan fingerprint density at radius 3 is 2.73 bits per heavy atom. The molecule has 1 nitrogen and oxygen atoms in total. The summed E-state index contributed by atoms with van der Waals surface area (Å²) in [6, 6.07) is 19.4. The molecule has 0 aliphatic heterocycles. The second-order valence-corrected chi connectivity index (χ2v) is 4.08. The average Bonchev–Trinajstić information content (AvgIpc) is 2.74. The lowest BCUT2D eigenvalue weighted by Crippen LogP contribution is -1.72. The van der Waals surface area contributed by atoms with Gasteiger partial charge >= 0.3 is 0 Å². The molecule has 71 valence electrons. The molecule has 3 aromatic rings. The van der Waals surface area contributed by atoms with Crippen LogP contribution in [0.5, 0.6) is 0 Å². The van der Waals surface area contributed by atoms with Crippen LogP contribution in [0.1, 0.15) is 0 Å². The molecule has 0 unspecified atom stereocenters. The van der Waals surface area contributed by atoms with Crippen molar-refractivity contribution in [2.75, 3.05) is 0 Å². The minimum absolute atomic E-state index is 1.06. The Labute approximate surface area is 92.2 Å². The van der Waals surface area contributed by atoms with Crippen molar-refractivity contribution in [1.82, 2.24) is 4.37 Å². The summed E-state index contributed by atoms with van der Waals surface area (Å²) in [4.78, 5) is 1.20. The van der Waals surface area contributed by atoms with Gasteiger partial charge in [0.25, 0.3) is 0 Å². The molecule has 3 rings (SSSR count). The first-order valence-electron chi connectivity index (χ1n) is 4.77. The van der Waals surface area contributed by atoms with E-state index < -0.39 is 0 Å². The molecule has 0 spiro atoms. The van der Waals surface area contributed by atoms with Crippen LogP contribution >= 0.6 is 11.5 Å². The highest BCUT2D eigenvalue weighted by Crippen LogP contribution is 2.31. The Morgan fingerprint density at radius 1 is 1.00 bits per heavy atom. The molecule has 0 bridgehead atoms. The summed E-state index contributed by atoms with van der Waals surface area (Å²) in [7, 11) is 0. The van der Waals surface area contributed by atoms with Crippen molar-refractivity contribution in [3.63, 3.8) is 0 Å². The molecular formula is C13H8NS. The number of hydrogen-bond acceptors (Lipinski definition) is 2. The third-order valence-electron chi connectivity index (χ3n) is 2.34. The standard InChI is InChI=1S/C13H8NS/c1-2-6-10(7-3-1)13-11-8-4-5-9-12(11)14-15-13/h1-6,8-9H. The first-order valence-corrected chi connectivity index (χ1v) is 5.54. The Hall–Kier alpha value is -1.67. The van der Waals surface area contributed by atoms with Crippen LogP contribution in [-0.2, 0) is 0 Å². The van der Waals surface area contributed by atoms with Crippen molar-refractivity contribution in [2.45, 2.75) is 0 Å². The van der Waals surface area contributed by atoms with E-state index in [0.717, 1.165) is 11.1 Å². The van der Waals surface area contributed by atoms with Gasteiger partial charge < -0.3 is 0 Å². The molecular weight excluding hydrogens is 202 g/mol. The Balaban J connectivity index is 2.28. The van der Waals surface area contributed by atoms with Gasteiger partial charge in [-0.3, -0.25) is 0 Å². The van der Waals surface area contributed by atoms with Gasteiger partial charge in [-0.2, -0.15) is 4.37 Å². The van der Waals surface area contributed by atoms with Crippen molar-refractivity contribution in [1.29, 1.82) is 0 Å². The first kappa shape index (κ1) is 8.62. The van der Waals surface area contributed by atoms with Gasteiger partial charge in [0.05, 0.1) is 10.4 Å². The maximum absolute atomic E-state index is 4.42. The van der Waals surface area contributed by atoms with E-state index in [1.54, 1.807) is 0 Å². The summed E-state index contributed by atoms with van der Waals surface area (Å²) in [6.07, 6.45) is 0. The van der Waals surface area contributed by atoms with Crippen LogP contribution in [-0.4, -0.2) is 4.37 Å². The highest BCUT2D eigenvalue weighted by Gasteiger charge is 2.06. The smallest absolute Gasteiger partial charge is 0.0847 e. The predicted molar refractivity (Wildman–Crippen MR) is 63.9 cm³/mol. The van der Waals surface area contributed by atoms with Crippen molar-refractivity contribution in [3.05, 3.63) is 54.6 Å². The second kappa shape index (κ2) is 3.48. The highest BCUT2D eigenvalue weighted by atomic mass is 32.1. The van der Waals surface area contributed by atoms with Gasteiger partial charge in [0, 0.05) is 10.9 Å². The number of nitrogens with zero attached hydrogens (tertiary/aromatic N) is 1. The maximum Gasteiger partial charge on any atom is 0.0847 e.